The molecule has 0 saturated carbocycles. The minimum absolute atomic E-state index is 0.0187. The number of carbonyl (C=O) groups excluding carboxylic acids is 7. The summed E-state index contributed by atoms with van der Waals surface area (Å²) in [4.78, 5) is 92.4. The van der Waals surface area contributed by atoms with Gasteiger partial charge >= 0.3 is 24.0 Å². The molecule has 422 valence electrons. The van der Waals surface area contributed by atoms with Crippen molar-refractivity contribution in [2.75, 3.05) is 40.5 Å². The molecule has 0 bridgehead atoms. The Morgan fingerprint density at radius 1 is 0.897 bits per heavy atom. The Bertz CT molecular complexity index is 2840. The molecule has 0 radical (unpaired) electrons. The number of benzene rings is 3. The van der Waals surface area contributed by atoms with Gasteiger partial charge in [-0.25, -0.2) is 9.59 Å². The van der Waals surface area contributed by atoms with Crippen molar-refractivity contribution >= 4 is 41.4 Å². The van der Waals surface area contributed by atoms with E-state index in [0.717, 1.165) is 21.0 Å². The molecule has 12 atom stereocenters. The predicted molar refractivity (Wildman–Crippen MR) is 261 cm³/mol. The summed E-state index contributed by atoms with van der Waals surface area (Å²) in [6, 6.07) is 8.40. The van der Waals surface area contributed by atoms with Crippen molar-refractivity contribution in [3.8, 4) is 23.0 Å². The number of aliphatic hydroxyl groups is 4. The van der Waals surface area contributed by atoms with Crippen molar-refractivity contribution in [3.63, 3.8) is 0 Å². The molecule has 3 aliphatic heterocycles. The number of hydrogen-bond acceptors (Lipinski definition) is 24. The van der Waals surface area contributed by atoms with Gasteiger partial charge in [-0.3, -0.25) is 28.9 Å². The van der Waals surface area contributed by atoms with Crippen LogP contribution in [0, 0.1) is 6.92 Å². The maximum Gasteiger partial charge on any atom is 0.412 e. The van der Waals surface area contributed by atoms with Gasteiger partial charge in [0.1, 0.15) is 48.0 Å². The largest absolute Gasteiger partial charge is 0.507 e. The van der Waals surface area contributed by atoms with Gasteiger partial charge in [0.05, 0.1) is 62.4 Å². The number of nitrogens with zero attached hydrogens (tertiary/aromatic N) is 1. The highest BCUT2D eigenvalue weighted by Crippen LogP contribution is 2.52. The van der Waals surface area contributed by atoms with Crippen molar-refractivity contribution in [1.82, 2.24) is 10.2 Å². The van der Waals surface area contributed by atoms with Gasteiger partial charge in [-0.1, -0.05) is 18.2 Å². The fourth-order valence-electron chi connectivity index (χ4n) is 10.6. The molecule has 5 aliphatic rings. The summed E-state index contributed by atoms with van der Waals surface area (Å²) in [5.74, 6) is -6.57. The second-order valence-electron chi connectivity index (χ2n) is 19.6. The number of hydrogen-bond donors (Lipinski definition) is 7. The van der Waals surface area contributed by atoms with Crippen LogP contribution in [0.2, 0.25) is 0 Å². The van der Waals surface area contributed by atoms with Gasteiger partial charge in [-0.15, -0.1) is 0 Å². The van der Waals surface area contributed by atoms with Crippen molar-refractivity contribution in [2.45, 2.75) is 140 Å². The molecule has 8 rings (SSSR count). The average Bonchev–Trinajstić information content (AvgIpc) is 4.03. The zero-order valence-electron chi connectivity index (χ0n) is 43.5. The van der Waals surface area contributed by atoms with Gasteiger partial charge < -0.3 is 83.3 Å². The summed E-state index contributed by atoms with van der Waals surface area (Å²) in [6.07, 6.45) is -14.3. The van der Waals surface area contributed by atoms with Crippen LogP contribution < -0.4 is 14.8 Å². The van der Waals surface area contributed by atoms with Gasteiger partial charge in [0.25, 0.3) is 0 Å². The number of esters is 3. The summed E-state index contributed by atoms with van der Waals surface area (Å²) in [6.45, 7) is 4.93. The molecule has 0 aromatic heterocycles. The Morgan fingerprint density at radius 2 is 1.62 bits per heavy atom. The molecule has 78 heavy (non-hydrogen) atoms. The number of rotatable bonds is 17. The SMILES string of the molecule is COC(=O)[C@H]1O[C@@H](Oc2ccc(COC(=O)N3CCOC3CCCNC3CC(OC4C[C@](O)(C(=O)CO)Cc5c(O)c6c(c(O)c54)C(=O)c4c(OC)cccc4C6=O)OC(C)C3O)cc2C)[C@H](O)[C@@H](OC(C)=O)[C@@H]1OC(C)=O. The number of fused-ring (bicyclic) bond motifs is 3. The van der Waals surface area contributed by atoms with Crippen LogP contribution in [0.1, 0.15) is 107 Å². The second-order valence-corrected chi connectivity index (χ2v) is 19.6. The van der Waals surface area contributed by atoms with Crippen LogP contribution in [-0.4, -0.2) is 184 Å². The quantitative estimate of drug-likeness (QED) is 0.0338. The molecule has 3 saturated heterocycles. The molecule has 2 aliphatic carbocycles. The number of phenols is 2. The number of ether oxygens (including phenoxy) is 10. The van der Waals surface area contributed by atoms with Crippen LogP contribution in [0.4, 0.5) is 4.79 Å². The Morgan fingerprint density at radius 3 is 2.29 bits per heavy atom. The first-order valence-corrected chi connectivity index (χ1v) is 25.1. The number of Topliss-reactive ketones (excluding diaryl/α,β-unsaturated/α-hetero) is 1. The molecule has 1 amide bonds. The number of methoxy groups -OCH3 is 2. The minimum atomic E-state index is -2.35. The molecular weight excluding hydrogens is 1030 g/mol. The normalized spacial score (nSPS) is 28.4. The molecular formula is C53H62N2O23. The standard InChI is InChI=1S/C53H62N2O23/c1-23-17-27(12-13-31(23)77-51-46(65)47(74-25(3)57)48(75-26(4)58)49(78-51)50(66)70-6)22-72-52(67)55-15-16-71-35(55)11-8-14-54-30-18-36(73-24(2)41(30)60)76-33-20-53(68,34(59)21-56)19-29-38(33)45(64)40-39(43(29)62)42(61)28-9-7-10-32(69-5)37(28)44(40)63/h7,9-10,12-13,17,24,30,33,35-36,41,46-49,51,54,56,60,62,64-65,68H,8,11,14-16,18-22H2,1-6H3/t24?,30?,33?,35?,36?,41?,46-,47-,48+,49+,51-,53+/m1/s1. The lowest BCUT2D eigenvalue weighted by Gasteiger charge is -2.43. The van der Waals surface area contributed by atoms with Crippen molar-refractivity contribution in [1.29, 1.82) is 0 Å². The third-order valence-electron chi connectivity index (χ3n) is 14.4. The van der Waals surface area contributed by atoms with Crippen molar-refractivity contribution in [2.24, 2.45) is 0 Å². The number of carbonyl (C=O) groups is 7. The highest BCUT2D eigenvalue weighted by Gasteiger charge is 2.54. The van der Waals surface area contributed by atoms with E-state index in [-0.39, 0.29) is 59.9 Å². The molecule has 3 aromatic carbocycles. The summed E-state index contributed by atoms with van der Waals surface area (Å²) < 4.78 is 56.1. The number of ketones is 3. The van der Waals surface area contributed by atoms with Crippen LogP contribution >= 0.6 is 0 Å². The van der Waals surface area contributed by atoms with E-state index in [2.05, 4.69) is 5.32 Å². The second kappa shape index (κ2) is 23.7. The topological polar surface area (TPSA) is 348 Å². The van der Waals surface area contributed by atoms with Crippen molar-refractivity contribution < 1.29 is 112 Å². The number of amides is 1. The number of aliphatic hydroxyl groups excluding tert-OH is 3. The summed E-state index contributed by atoms with van der Waals surface area (Å²) in [5.41, 5.74) is -3.01. The maximum absolute atomic E-state index is 14.1. The van der Waals surface area contributed by atoms with Gasteiger partial charge in [-0.05, 0) is 62.6 Å². The fraction of sp³-hybridized carbons (Fsp3) is 0.528. The van der Waals surface area contributed by atoms with Gasteiger partial charge in [-0.2, -0.15) is 0 Å². The number of phenolic OH excluding ortho intramolecular Hbond substituents is 2. The highest BCUT2D eigenvalue weighted by molar-refractivity contribution is 6.31. The molecule has 7 N–H and O–H groups in total. The third kappa shape index (κ3) is 11.4. The number of aromatic hydroxyl groups is 2. The van der Waals surface area contributed by atoms with Crippen LogP contribution in [0.3, 0.4) is 0 Å². The first-order valence-electron chi connectivity index (χ1n) is 25.1. The van der Waals surface area contributed by atoms with Gasteiger partial charge in [0.2, 0.25) is 12.1 Å². The predicted octanol–water partition coefficient (Wildman–Crippen LogP) is 1.22. The number of aryl methyl sites for hydroxylation is 1. The molecule has 3 fully saturated rings. The van der Waals surface area contributed by atoms with E-state index in [1.807, 2.05) is 0 Å². The smallest absolute Gasteiger partial charge is 0.412 e. The molecule has 3 heterocycles. The zero-order valence-corrected chi connectivity index (χ0v) is 43.5. The number of nitrogens with one attached hydrogen (secondary N) is 1. The Kier molecular flexibility index (Phi) is 17.4. The van der Waals surface area contributed by atoms with Crippen LogP contribution in [0.15, 0.2) is 36.4 Å². The molecule has 3 aromatic rings. The van der Waals surface area contributed by atoms with Gasteiger partial charge in [0.15, 0.2) is 42.3 Å². The van der Waals surface area contributed by atoms with E-state index in [9.17, 15) is 64.2 Å². The summed E-state index contributed by atoms with van der Waals surface area (Å²) >= 11 is 0. The third-order valence-corrected chi connectivity index (χ3v) is 14.4. The summed E-state index contributed by atoms with van der Waals surface area (Å²) in [5, 5.41) is 70.8. The van der Waals surface area contributed by atoms with E-state index in [1.165, 1.54) is 36.3 Å². The Balaban J connectivity index is 0.876. The summed E-state index contributed by atoms with van der Waals surface area (Å²) in [7, 11) is 2.37. The highest BCUT2D eigenvalue weighted by atomic mass is 16.7. The lowest BCUT2D eigenvalue weighted by atomic mass is 9.72. The van der Waals surface area contributed by atoms with Crippen LogP contribution in [0.25, 0.3) is 0 Å². The fourth-order valence-corrected chi connectivity index (χ4v) is 10.6. The van der Waals surface area contributed by atoms with E-state index < -0.39 is 157 Å². The maximum atomic E-state index is 14.1. The molecule has 6 unspecified atom stereocenters. The van der Waals surface area contributed by atoms with E-state index in [0.29, 0.717) is 30.5 Å². The first-order chi connectivity index (χ1) is 37.1. The van der Waals surface area contributed by atoms with E-state index in [1.54, 1.807) is 26.0 Å². The lowest BCUT2D eigenvalue weighted by molar-refractivity contribution is -0.278. The zero-order chi connectivity index (χ0) is 56.5. The van der Waals surface area contributed by atoms with Crippen LogP contribution in [-0.2, 0) is 70.1 Å². The first kappa shape index (κ1) is 57.4. The molecule has 0 spiro atoms. The monoisotopic (exact) mass is 1090 g/mol. The molecule has 25 heteroatoms. The van der Waals surface area contributed by atoms with Crippen LogP contribution in [0.5, 0.6) is 23.0 Å². The lowest BCUT2D eigenvalue weighted by Crippen LogP contribution is -2.63. The Hall–Kier alpha value is -6.81. The van der Waals surface area contributed by atoms with E-state index >= 15 is 0 Å². The van der Waals surface area contributed by atoms with E-state index in [4.69, 9.17) is 47.4 Å². The average molecular weight is 1100 g/mol. The minimum Gasteiger partial charge on any atom is -0.507 e. The van der Waals surface area contributed by atoms with Gasteiger partial charge in [0, 0.05) is 55.8 Å². The Labute approximate surface area is 446 Å². The molecule has 25 nitrogen and oxygen atoms in total. The van der Waals surface area contributed by atoms with Crippen molar-refractivity contribution in [3.05, 3.63) is 80.9 Å².